The summed E-state index contributed by atoms with van der Waals surface area (Å²) in [6, 6.07) is 0.0624. The first-order chi connectivity index (χ1) is 7.25. The molecule has 0 aliphatic heterocycles. The molecule has 80 valence electrons. The molecule has 2 heterocycles. The van der Waals surface area contributed by atoms with Gasteiger partial charge in [-0.2, -0.15) is 5.21 Å². The summed E-state index contributed by atoms with van der Waals surface area (Å²) < 4.78 is 0. The van der Waals surface area contributed by atoms with Gasteiger partial charge in [-0.15, -0.1) is 10.2 Å². The van der Waals surface area contributed by atoms with Crippen molar-refractivity contribution in [3.63, 3.8) is 0 Å². The van der Waals surface area contributed by atoms with Crippen molar-refractivity contribution in [2.45, 2.75) is 26.4 Å². The molecule has 7 nitrogen and oxygen atoms in total. The van der Waals surface area contributed by atoms with Gasteiger partial charge in [0.1, 0.15) is 5.82 Å². The first kappa shape index (κ1) is 9.78. The number of nitrogens with one attached hydrogen (secondary N) is 3. The molecular formula is C8H13N7. The Kier molecular flexibility index (Phi) is 2.72. The lowest BCUT2D eigenvalue weighted by atomic mass is 10.3. The van der Waals surface area contributed by atoms with Crippen molar-refractivity contribution in [3.05, 3.63) is 23.5 Å². The number of aromatic amines is 2. The Morgan fingerprint density at radius 3 is 3.00 bits per heavy atom. The summed E-state index contributed by atoms with van der Waals surface area (Å²) in [4.78, 5) is 7.25. The quantitative estimate of drug-likeness (QED) is 0.660. The Morgan fingerprint density at radius 1 is 1.53 bits per heavy atom. The van der Waals surface area contributed by atoms with Gasteiger partial charge >= 0.3 is 0 Å². The van der Waals surface area contributed by atoms with Gasteiger partial charge in [-0.25, -0.2) is 4.98 Å². The Bertz CT molecular complexity index is 404. The zero-order valence-corrected chi connectivity index (χ0v) is 8.65. The van der Waals surface area contributed by atoms with Crippen LogP contribution in [0, 0.1) is 6.92 Å². The Balaban J connectivity index is 1.88. The fourth-order valence-corrected chi connectivity index (χ4v) is 1.27. The maximum Gasteiger partial charge on any atom is 0.191 e. The summed E-state index contributed by atoms with van der Waals surface area (Å²) in [6.07, 6.45) is 1.81. The predicted molar refractivity (Wildman–Crippen MR) is 52.8 cm³/mol. The van der Waals surface area contributed by atoms with Crippen molar-refractivity contribution in [3.8, 4) is 0 Å². The highest BCUT2D eigenvalue weighted by molar-refractivity contribution is 5.00. The van der Waals surface area contributed by atoms with E-state index in [2.05, 4.69) is 35.9 Å². The highest BCUT2D eigenvalue weighted by atomic mass is 15.5. The lowest BCUT2D eigenvalue weighted by Crippen LogP contribution is -2.19. The Morgan fingerprint density at radius 2 is 2.40 bits per heavy atom. The van der Waals surface area contributed by atoms with E-state index in [1.54, 1.807) is 0 Å². The Hall–Kier alpha value is -1.76. The van der Waals surface area contributed by atoms with Gasteiger partial charge in [-0.3, -0.25) is 0 Å². The van der Waals surface area contributed by atoms with E-state index in [1.807, 2.05) is 20.0 Å². The van der Waals surface area contributed by atoms with Gasteiger partial charge in [0.25, 0.3) is 0 Å². The third-order valence-corrected chi connectivity index (χ3v) is 2.10. The van der Waals surface area contributed by atoms with Crippen molar-refractivity contribution < 1.29 is 0 Å². The number of rotatable bonds is 4. The van der Waals surface area contributed by atoms with Gasteiger partial charge in [-0.1, -0.05) is 5.21 Å². The molecule has 0 aliphatic rings. The van der Waals surface area contributed by atoms with Crippen molar-refractivity contribution in [2.24, 2.45) is 0 Å². The average Bonchev–Trinajstić information content (AvgIpc) is 2.84. The zero-order valence-electron chi connectivity index (χ0n) is 8.65. The van der Waals surface area contributed by atoms with Crippen LogP contribution < -0.4 is 5.32 Å². The maximum absolute atomic E-state index is 4.11. The number of hydrogen-bond acceptors (Lipinski definition) is 5. The van der Waals surface area contributed by atoms with Crippen LogP contribution in [0.4, 0.5) is 0 Å². The van der Waals surface area contributed by atoms with Crippen LogP contribution in [-0.2, 0) is 6.54 Å². The van der Waals surface area contributed by atoms with Crippen molar-refractivity contribution in [1.29, 1.82) is 0 Å². The summed E-state index contributed by atoms with van der Waals surface area (Å²) in [5.41, 5.74) is 1.04. The van der Waals surface area contributed by atoms with Gasteiger partial charge in [0.2, 0.25) is 0 Å². The molecule has 0 fully saturated rings. The van der Waals surface area contributed by atoms with Gasteiger partial charge in [0.15, 0.2) is 5.82 Å². The second kappa shape index (κ2) is 4.18. The Labute approximate surface area is 86.7 Å². The third-order valence-electron chi connectivity index (χ3n) is 2.10. The lowest BCUT2D eigenvalue weighted by molar-refractivity contribution is 0.542. The molecule has 0 radical (unpaired) electrons. The van der Waals surface area contributed by atoms with E-state index in [4.69, 9.17) is 0 Å². The number of imidazole rings is 1. The molecule has 0 aliphatic carbocycles. The largest absolute Gasteiger partial charge is 0.345 e. The summed E-state index contributed by atoms with van der Waals surface area (Å²) in [5, 5.41) is 17.0. The third kappa shape index (κ3) is 2.38. The lowest BCUT2D eigenvalue weighted by Gasteiger charge is -2.07. The number of nitrogens with zero attached hydrogens (tertiary/aromatic N) is 4. The number of hydrogen-bond donors (Lipinski definition) is 3. The fourth-order valence-electron chi connectivity index (χ4n) is 1.27. The molecule has 15 heavy (non-hydrogen) atoms. The molecule has 0 saturated heterocycles. The smallest absolute Gasteiger partial charge is 0.191 e. The number of aromatic nitrogens is 6. The summed E-state index contributed by atoms with van der Waals surface area (Å²) >= 11 is 0. The van der Waals surface area contributed by atoms with Gasteiger partial charge in [0, 0.05) is 18.4 Å². The molecule has 0 saturated carbocycles. The van der Waals surface area contributed by atoms with Crippen LogP contribution in [0.2, 0.25) is 0 Å². The average molecular weight is 207 g/mol. The van der Waals surface area contributed by atoms with E-state index in [-0.39, 0.29) is 6.04 Å². The number of H-pyrrole nitrogens is 2. The van der Waals surface area contributed by atoms with Crippen LogP contribution in [-0.4, -0.2) is 30.6 Å². The second-order valence-electron chi connectivity index (χ2n) is 3.37. The van der Waals surface area contributed by atoms with Crippen LogP contribution in [0.5, 0.6) is 0 Å². The van der Waals surface area contributed by atoms with E-state index in [1.165, 1.54) is 0 Å². The number of tetrazole rings is 1. The van der Waals surface area contributed by atoms with E-state index in [0.29, 0.717) is 12.4 Å². The van der Waals surface area contributed by atoms with Crippen LogP contribution in [0.15, 0.2) is 6.20 Å². The van der Waals surface area contributed by atoms with E-state index in [0.717, 1.165) is 11.5 Å². The second-order valence-corrected chi connectivity index (χ2v) is 3.37. The van der Waals surface area contributed by atoms with E-state index >= 15 is 0 Å². The normalized spacial score (nSPS) is 12.9. The minimum atomic E-state index is 0.0624. The molecule has 2 rings (SSSR count). The minimum absolute atomic E-state index is 0.0624. The highest BCUT2D eigenvalue weighted by Crippen LogP contribution is 2.04. The summed E-state index contributed by atoms with van der Waals surface area (Å²) in [5.74, 6) is 1.57. The molecule has 0 bridgehead atoms. The molecule has 7 heteroatoms. The zero-order chi connectivity index (χ0) is 10.7. The predicted octanol–water partition coefficient (Wildman–Crippen LogP) is 0.0820. The standard InChI is InChI=1S/C8H13N7/c1-5(8-12-14-15-13-8)9-3-7-4-10-6(2)11-7/h4-5,9H,3H2,1-2H3,(H,10,11)(H,12,13,14,15). The maximum atomic E-state index is 4.11. The van der Waals surface area contributed by atoms with Crippen LogP contribution in [0.25, 0.3) is 0 Å². The van der Waals surface area contributed by atoms with Crippen molar-refractivity contribution in [1.82, 2.24) is 35.9 Å². The molecule has 0 aromatic carbocycles. The number of aryl methyl sites for hydroxylation is 1. The first-order valence-electron chi connectivity index (χ1n) is 4.73. The topological polar surface area (TPSA) is 95.2 Å². The minimum Gasteiger partial charge on any atom is -0.345 e. The molecule has 2 aromatic rings. The van der Waals surface area contributed by atoms with Crippen LogP contribution >= 0.6 is 0 Å². The molecule has 1 unspecified atom stereocenters. The van der Waals surface area contributed by atoms with Crippen LogP contribution in [0.1, 0.15) is 30.3 Å². The van der Waals surface area contributed by atoms with Crippen LogP contribution in [0.3, 0.4) is 0 Å². The van der Waals surface area contributed by atoms with Gasteiger partial charge in [0.05, 0.1) is 6.04 Å². The molecule has 0 spiro atoms. The first-order valence-corrected chi connectivity index (χ1v) is 4.73. The molecule has 0 amide bonds. The monoisotopic (exact) mass is 207 g/mol. The van der Waals surface area contributed by atoms with E-state index in [9.17, 15) is 0 Å². The molecular weight excluding hydrogens is 194 g/mol. The van der Waals surface area contributed by atoms with Gasteiger partial charge in [-0.05, 0) is 13.8 Å². The highest BCUT2D eigenvalue weighted by Gasteiger charge is 2.09. The van der Waals surface area contributed by atoms with Crippen molar-refractivity contribution >= 4 is 0 Å². The molecule has 1 atom stereocenters. The van der Waals surface area contributed by atoms with Crippen molar-refractivity contribution in [2.75, 3.05) is 0 Å². The summed E-state index contributed by atoms with van der Waals surface area (Å²) in [6.45, 7) is 4.61. The molecule has 2 aromatic heterocycles. The van der Waals surface area contributed by atoms with E-state index < -0.39 is 0 Å². The fraction of sp³-hybridized carbons (Fsp3) is 0.500. The molecule has 3 N–H and O–H groups in total. The van der Waals surface area contributed by atoms with Gasteiger partial charge < -0.3 is 10.3 Å². The summed E-state index contributed by atoms with van der Waals surface area (Å²) in [7, 11) is 0. The SMILES string of the molecule is Cc1ncc(CNC(C)c2nn[nH]n2)[nH]1.